The maximum absolute atomic E-state index is 12.9. The summed E-state index contributed by atoms with van der Waals surface area (Å²) in [6.07, 6.45) is 3.58. The highest BCUT2D eigenvalue weighted by Gasteiger charge is 2.27. The number of nitrogens with one attached hydrogen (secondary N) is 4. The van der Waals surface area contributed by atoms with Crippen LogP contribution in [-0.4, -0.2) is 45.0 Å². The summed E-state index contributed by atoms with van der Waals surface area (Å²) >= 11 is 0. The van der Waals surface area contributed by atoms with Crippen molar-refractivity contribution in [2.75, 3.05) is 16.0 Å². The molecule has 0 heterocycles. The lowest BCUT2D eigenvalue weighted by Gasteiger charge is -2.16. The predicted molar refractivity (Wildman–Crippen MR) is 161 cm³/mol. The third kappa shape index (κ3) is 7.75. The first-order valence-electron chi connectivity index (χ1n) is 13.3. The minimum atomic E-state index is -1.26. The number of nitro benzene ring substituents is 2. The summed E-state index contributed by atoms with van der Waals surface area (Å²) in [6.45, 7) is 0. The Kier molecular flexibility index (Phi) is 9.82. The quantitative estimate of drug-likeness (QED) is 0.111. The molecule has 0 atom stereocenters. The lowest BCUT2D eigenvalue weighted by Crippen LogP contribution is -2.38. The Morgan fingerprint density at radius 2 is 1.02 bits per heavy atom. The number of rotatable bonds is 10. The topological polar surface area (TPSA) is 237 Å². The van der Waals surface area contributed by atoms with Crippen LogP contribution in [0.3, 0.4) is 0 Å². The van der Waals surface area contributed by atoms with E-state index in [0.717, 1.165) is 24.3 Å². The third-order valence-electron chi connectivity index (χ3n) is 6.36. The summed E-state index contributed by atoms with van der Waals surface area (Å²) in [5.74, 6) is -6.84. The van der Waals surface area contributed by atoms with Gasteiger partial charge in [0.2, 0.25) is 0 Å². The first kappa shape index (κ1) is 32.1. The van der Waals surface area contributed by atoms with Crippen LogP contribution in [0.4, 0.5) is 28.4 Å². The van der Waals surface area contributed by atoms with E-state index in [0.29, 0.717) is 12.8 Å². The van der Waals surface area contributed by atoms with Gasteiger partial charge in [-0.15, -0.1) is 0 Å². The van der Waals surface area contributed by atoms with E-state index in [-0.39, 0.29) is 45.3 Å². The maximum atomic E-state index is 12.9. The van der Waals surface area contributed by atoms with Crippen molar-refractivity contribution in [2.24, 2.45) is 0 Å². The van der Waals surface area contributed by atoms with E-state index in [9.17, 15) is 49.0 Å². The predicted octanol–water partition coefficient (Wildman–Crippen LogP) is 3.19. The molecule has 0 saturated heterocycles. The van der Waals surface area contributed by atoms with E-state index in [1.165, 1.54) is 60.7 Å². The number of para-hydroxylation sites is 1. The summed E-state index contributed by atoms with van der Waals surface area (Å²) in [6, 6.07) is 14.8. The molecule has 0 unspecified atom stereocenters. The van der Waals surface area contributed by atoms with Gasteiger partial charge < -0.3 is 21.3 Å². The molecular formula is C30H22N6O10. The van der Waals surface area contributed by atoms with E-state index in [4.69, 9.17) is 0 Å². The van der Waals surface area contributed by atoms with Crippen LogP contribution in [0.2, 0.25) is 0 Å². The number of anilines is 3. The average Bonchev–Trinajstić information content (AvgIpc) is 3.05. The van der Waals surface area contributed by atoms with Crippen LogP contribution in [0.1, 0.15) is 23.2 Å². The average molecular weight is 627 g/mol. The zero-order valence-electron chi connectivity index (χ0n) is 23.5. The van der Waals surface area contributed by atoms with Crippen LogP contribution in [-0.2, 0) is 24.0 Å². The molecule has 0 bridgehead atoms. The third-order valence-corrected chi connectivity index (χ3v) is 6.36. The standard InChI is InChI=1S/C30H22N6O10/c37-25(27(39)31-17-9-13-19(14-10-17)35(43)44)21-5-1-3-7-23(21)33-29(41)30(42)34-24-8-4-2-6-22(24)26(38)28(40)32-18-11-15-20(16-12-18)36(45)46/h1,3,5-16H,2,4H2,(H,31,39)(H,32,40)(H,33,41)(H,34,42). The van der Waals surface area contributed by atoms with Crippen LogP contribution in [0.5, 0.6) is 0 Å². The van der Waals surface area contributed by atoms with Crippen molar-refractivity contribution in [3.05, 3.63) is 122 Å². The summed E-state index contributed by atoms with van der Waals surface area (Å²) < 4.78 is 0. The maximum Gasteiger partial charge on any atom is 0.314 e. The van der Waals surface area contributed by atoms with Crippen molar-refractivity contribution in [1.82, 2.24) is 5.32 Å². The first-order chi connectivity index (χ1) is 21.9. The van der Waals surface area contributed by atoms with Gasteiger partial charge in [0.15, 0.2) is 0 Å². The molecular weight excluding hydrogens is 604 g/mol. The molecule has 4 rings (SSSR count). The number of hydrogen-bond donors (Lipinski definition) is 4. The van der Waals surface area contributed by atoms with Crippen molar-refractivity contribution < 1.29 is 38.6 Å². The number of hydrogen-bond acceptors (Lipinski definition) is 10. The van der Waals surface area contributed by atoms with Crippen LogP contribution in [0.15, 0.2) is 96.2 Å². The molecule has 1 aliphatic carbocycles. The number of non-ortho nitro benzene ring substituents is 2. The fourth-order valence-electron chi connectivity index (χ4n) is 4.11. The number of nitro groups is 2. The molecule has 0 aromatic heterocycles. The number of nitrogens with zero attached hydrogens (tertiary/aromatic N) is 2. The Bertz CT molecular complexity index is 1850. The fraction of sp³-hybridized carbons (Fsp3) is 0.0667. The largest absolute Gasteiger partial charge is 0.319 e. The minimum Gasteiger partial charge on any atom is -0.319 e. The SMILES string of the molecule is O=C(NC1=CCCC=C1C(=O)C(=O)Nc1ccc([N+](=O)[O-])cc1)C(=O)Nc1ccccc1C(=O)C(=O)Nc1ccc([N+](=O)[O-])cc1. The molecule has 3 aromatic rings. The summed E-state index contributed by atoms with van der Waals surface area (Å²) in [4.78, 5) is 96.9. The van der Waals surface area contributed by atoms with Gasteiger partial charge in [-0.3, -0.25) is 49.0 Å². The lowest BCUT2D eigenvalue weighted by atomic mass is 9.99. The molecule has 4 N–H and O–H groups in total. The molecule has 0 aliphatic heterocycles. The molecule has 0 spiro atoms. The van der Waals surface area contributed by atoms with Gasteiger partial charge >= 0.3 is 11.8 Å². The van der Waals surface area contributed by atoms with Gasteiger partial charge in [0.25, 0.3) is 34.8 Å². The second-order valence-electron chi connectivity index (χ2n) is 9.44. The summed E-state index contributed by atoms with van der Waals surface area (Å²) in [5.41, 5.74) is -0.973. The monoisotopic (exact) mass is 626 g/mol. The zero-order valence-corrected chi connectivity index (χ0v) is 23.5. The molecule has 46 heavy (non-hydrogen) atoms. The number of allylic oxidation sites excluding steroid dienone is 3. The van der Waals surface area contributed by atoms with Gasteiger partial charge in [0.1, 0.15) is 0 Å². The van der Waals surface area contributed by atoms with Gasteiger partial charge in [-0.25, -0.2) is 0 Å². The van der Waals surface area contributed by atoms with Gasteiger partial charge in [-0.2, -0.15) is 0 Å². The van der Waals surface area contributed by atoms with Crippen molar-refractivity contribution in [3.8, 4) is 0 Å². The second-order valence-corrected chi connectivity index (χ2v) is 9.44. The van der Waals surface area contributed by atoms with Crippen molar-refractivity contribution >= 4 is 63.6 Å². The molecule has 1 aliphatic rings. The Hall–Kier alpha value is -6.84. The fourth-order valence-corrected chi connectivity index (χ4v) is 4.11. The number of amides is 4. The molecule has 232 valence electrons. The molecule has 3 aromatic carbocycles. The van der Waals surface area contributed by atoms with Gasteiger partial charge in [-0.05, 0) is 49.2 Å². The second kappa shape index (κ2) is 14.1. The van der Waals surface area contributed by atoms with E-state index in [2.05, 4.69) is 21.3 Å². The van der Waals surface area contributed by atoms with Crippen molar-refractivity contribution in [2.45, 2.75) is 12.8 Å². The number of carbonyl (C=O) groups excluding carboxylic acids is 6. The van der Waals surface area contributed by atoms with Gasteiger partial charge in [0.05, 0.1) is 21.1 Å². The Balaban J connectivity index is 1.40. The lowest BCUT2D eigenvalue weighted by molar-refractivity contribution is -0.385. The number of Topliss-reactive ketones (excluding diaryl/α,β-unsaturated/α-hetero) is 2. The Labute approximate surface area is 258 Å². The van der Waals surface area contributed by atoms with Crippen molar-refractivity contribution in [1.29, 1.82) is 0 Å². The smallest absolute Gasteiger partial charge is 0.314 e. The molecule has 16 heteroatoms. The summed E-state index contributed by atoms with van der Waals surface area (Å²) in [7, 11) is 0. The van der Waals surface area contributed by atoms with E-state index in [1.807, 2.05) is 0 Å². The molecule has 0 radical (unpaired) electrons. The number of benzene rings is 3. The minimum absolute atomic E-state index is 0.102. The molecule has 0 saturated carbocycles. The zero-order chi connectivity index (χ0) is 33.4. The van der Waals surface area contributed by atoms with Crippen LogP contribution in [0, 0.1) is 20.2 Å². The highest BCUT2D eigenvalue weighted by molar-refractivity contribution is 6.49. The van der Waals surface area contributed by atoms with E-state index < -0.39 is 45.0 Å². The molecule has 4 amide bonds. The van der Waals surface area contributed by atoms with Crippen LogP contribution >= 0.6 is 0 Å². The van der Waals surface area contributed by atoms with Gasteiger partial charge in [-0.1, -0.05) is 24.3 Å². The van der Waals surface area contributed by atoms with Crippen molar-refractivity contribution in [3.63, 3.8) is 0 Å². The first-order valence-corrected chi connectivity index (χ1v) is 13.3. The van der Waals surface area contributed by atoms with E-state index in [1.54, 1.807) is 0 Å². The highest BCUT2D eigenvalue weighted by Crippen LogP contribution is 2.21. The number of ketones is 2. The Morgan fingerprint density at radius 3 is 1.57 bits per heavy atom. The normalized spacial score (nSPS) is 12.0. The van der Waals surface area contributed by atoms with Gasteiger partial charge in [0, 0.05) is 46.9 Å². The summed E-state index contributed by atoms with van der Waals surface area (Å²) in [5, 5.41) is 30.8. The highest BCUT2D eigenvalue weighted by atomic mass is 16.6. The molecule has 0 fully saturated rings. The molecule has 16 nitrogen and oxygen atoms in total. The van der Waals surface area contributed by atoms with Crippen LogP contribution in [0.25, 0.3) is 0 Å². The van der Waals surface area contributed by atoms with Crippen LogP contribution < -0.4 is 21.3 Å². The number of carbonyl (C=O) groups is 6. The Morgan fingerprint density at radius 1 is 0.543 bits per heavy atom. The van der Waals surface area contributed by atoms with E-state index >= 15 is 0 Å².